The Balaban J connectivity index is 2.62. The molecule has 6 nitrogen and oxygen atoms in total. The Bertz CT molecular complexity index is 260. The minimum absolute atomic E-state index is 0.198. The van der Waals surface area contributed by atoms with Crippen molar-refractivity contribution in [2.75, 3.05) is 6.61 Å². The third kappa shape index (κ3) is 3.93. The molecule has 0 aromatic heterocycles. The molecular weight excluding hydrogens is 313 g/mol. The topological polar surface area (TPSA) is 102 Å². The number of rotatable bonds is 3. The van der Waals surface area contributed by atoms with Gasteiger partial charge in [0.15, 0.2) is 0 Å². The summed E-state index contributed by atoms with van der Waals surface area (Å²) in [6.45, 7) is 0.221. The van der Waals surface area contributed by atoms with Crippen molar-refractivity contribution in [1.82, 2.24) is 4.90 Å². The monoisotopic (exact) mass is 327 g/mol. The van der Waals surface area contributed by atoms with Crippen LogP contribution in [0.15, 0.2) is 12.3 Å². The predicted octanol–water partition coefficient (Wildman–Crippen LogP) is -0.292. The van der Waals surface area contributed by atoms with Gasteiger partial charge in [-0.15, -0.1) is 0 Å². The maximum Gasteiger partial charge on any atom is 0.320 e. The minimum Gasteiger partial charge on any atom is -0.391 e. The number of hydrogen-bond donors (Lipinski definition) is 3. The normalized spacial score (nSPS) is 28.2. The van der Waals surface area contributed by atoms with Crippen LogP contribution in [0.2, 0.25) is 0 Å². The Morgan fingerprint density at radius 2 is 2.40 bits per heavy atom. The number of amides is 2. The number of primary amides is 1. The molecule has 0 saturated carbocycles. The second-order valence-electron chi connectivity index (χ2n) is 3.21. The van der Waals surface area contributed by atoms with Crippen molar-refractivity contribution in [3.8, 4) is 0 Å². The Hall–Kier alpha value is -0.380. The average Bonchev–Trinajstić information content (AvgIpc) is 2.51. The molecule has 86 valence electrons. The van der Waals surface area contributed by atoms with Crippen molar-refractivity contribution < 1.29 is 14.6 Å². The van der Waals surface area contributed by atoms with Crippen LogP contribution >= 0.6 is 22.6 Å². The molecule has 0 bridgehead atoms. The van der Waals surface area contributed by atoms with Gasteiger partial charge in [0.1, 0.15) is 6.23 Å². The van der Waals surface area contributed by atoms with Gasteiger partial charge in [0, 0.05) is 12.6 Å². The average molecular weight is 327 g/mol. The van der Waals surface area contributed by atoms with Crippen molar-refractivity contribution in [2.24, 2.45) is 11.5 Å². The first kappa shape index (κ1) is 12.7. The summed E-state index contributed by atoms with van der Waals surface area (Å²) in [5, 5.41) is 9.25. The van der Waals surface area contributed by atoms with E-state index in [1.54, 1.807) is 6.08 Å². The number of carbonyl (C=O) groups is 1. The Kier molecular flexibility index (Phi) is 4.77. The number of aliphatic hydroxyl groups excluding tert-OH is 1. The first-order valence-corrected chi connectivity index (χ1v) is 5.70. The van der Waals surface area contributed by atoms with Crippen LogP contribution in [0.25, 0.3) is 0 Å². The van der Waals surface area contributed by atoms with Crippen molar-refractivity contribution in [1.29, 1.82) is 0 Å². The molecule has 0 aromatic rings. The first-order chi connectivity index (χ1) is 7.00. The molecular formula is C8H14IN3O3. The number of hydrogen-bond acceptors (Lipinski definition) is 4. The maximum absolute atomic E-state index is 11.1. The molecule has 5 N–H and O–H groups in total. The predicted molar refractivity (Wildman–Crippen MR) is 62.9 cm³/mol. The van der Waals surface area contributed by atoms with Gasteiger partial charge in [-0.1, -0.05) is 22.6 Å². The molecule has 1 aliphatic rings. The van der Waals surface area contributed by atoms with Crippen LogP contribution in [0.4, 0.5) is 4.79 Å². The highest BCUT2D eigenvalue weighted by atomic mass is 127. The van der Waals surface area contributed by atoms with Gasteiger partial charge in [-0.05, 0) is 6.08 Å². The Labute approximate surface area is 101 Å². The van der Waals surface area contributed by atoms with Gasteiger partial charge in [-0.2, -0.15) is 0 Å². The lowest BCUT2D eigenvalue weighted by Crippen LogP contribution is -2.39. The van der Waals surface area contributed by atoms with Crippen LogP contribution in [-0.2, 0) is 4.74 Å². The summed E-state index contributed by atoms with van der Waals surface area (Å²) in [6.07, 6.45) is 2.44. The van der Waals surface area contributed by atoms with E-state index in [9.17, 15) is 9.90 Å². The molecule has 0 aliphatic carbocycles. The largest absolute Gasteiger partial charge is 0.391 e. The first-order valence-electron chi connectivity index (χ1n) is 4.46. The summed E-state index contributed by atoms with van der Waals surface area (Å²) in [6, 6.07) is -0.623. The Morgan fingerprint density at radius 1 is 1.73 bits per heavy atom. The third-order valence-corrected chi connectivity index (χ3v) is 2.37. The number of urea groups is 1. The van der Waals surface area contributed by atoms with Crippen LogP contribution in [0.5, 0.6) is 0 Å². The molecule has 15 heavy (non-hydrogen) atoms. The number of ether oxygens (including phenoxy) is 1. The molecule has 7 heteroatoms. The van der Waals surface area contributed by atoms with Crippen LogP contribution in [0, 0.1) is 0 Å². The van der Waals surface area contributed by atoms with Gasteiger partial charge in [0.05, 0.1) is 16.8 Å². The molecule has 3 atom stereocenters. The van der Waals surface area contributed by atoms with Gasteiger partial charge in [-0.25, -0.2) is 4.79 Å². The van der Waals surface area contributed by atoms with E-state index in [2.05, 4.69) is 0 Å². The molecule has 1 aliphatic heterocycles. The third-order valence-electron chi connectivity index (χ3n) is 1.95. The zero-order chi connectivity index (χ0) is 11.4. The molecule has 1 unspecified atom stereocenters. The highest BCUT2D eigenvalue weighted by Crippen LogP contribution is 2.17. The summed E-state index contributed by atoms with van der Waals surface area (Å²) in [4.78, 5) is 12.3. The smallest absolute Gasteiger partial charge is 0.320 e. The minimum atomic E-state index is -0.623. The molecule has 1 rings (SSSR count). The summed E-state index contributed by atoms with van der Waals surface area (Å²) in [5.74, 6) is 0. The van der Waals surface area contributed by atoms with Crippen LogP contribution in [-0.4, -0.2) is 39.0 Å². The highest BCUT2D eigenvalue weighted by Gasteiger charge is 2.29. The molecule has 0 radical (unpaired) electrons. The number of carbonyl (C=O) groups excluding carboxylic acids is 1. The lowest BCUT2D eigenvalue weighted by molar-refractivity contribution is 0.0246. The van der Waals surface area contributed by atoms with Crippen molar-refractivity contribution in [3.05, 3.63) is 12.3 Å². The number of nitrogens with two attached hydrogens (primary N) is 2. The van der Waals surface area contributed by atoms with E-state index in [-0.39, 0.29) is 10.7 Å². The fourth-order valence-corrected chi connectivity index (χ4v) is 1.46. The summed E-state index contributed by atoms with van der Waals surface area (Å²) < 4.78 is 5.00. The zero-order valence-corrected chi connectivity index (χ0v) is 10.2. The SMILES string of the molecule is NC(=O)N(/C=C\C(N)I)[C@H]1C[C@H](O)CO1. The second kappa shape index (κ2) is 5.64. The quantitative estimate of drug-likeness (QED) is 0.376. The number of halogens is 1. The van der Waals surface area contributed by atoms with Crippen molar-refractivity contribution >= 4 is 28.6 Å². The van der Waals surface area contributed by atoms with Crippen LogP contribution in [0.3, 0.4) is 0 Å². The summed E-state index contributed by atoms with van der Waals surface area (Å²) in [5.41, 5.74) is 10.7. The van der Waals surface area contributed by atoms with E-state index < -0.39 is 18.4 Å². The maximum atomic E-state index is 11.1. The van der Waals surface area contributed by atoms with Crippen molar-refractivity contribution in [2.45, 2.75) is 22.8 Å². The van der Waals surface area contributed by atoms with Gasteiger partial charge >= 0.3 is 6.03 Å². The summed E-state index contributed by atoms with van der Waals surface area (Å²) >= 11 is 1.99. The molecule has 2 amide bonds. The Morgan fingerprint density at radius 3 is 2.80 bits per heavy atom. The standard InChI is InChI=1S/C8H14IN3O3/c9-6(10)1-2-12(8(11)14)7-3-5(13)4-15-7/h1-2,5-7,13H,3-4,10H2,(H2,11,14)/b2-1-/t5-,6?,7+/m0/s1. The number of alkyl halides is 1. The zero-order valence-electron chi connectivity index (χ0n) is 8.04. The van der Waals surface area contributed by atoms with E-state index in [1.807, 2.05) is 22.6 Å². The van der Waals surface area contributed by atoms with Gasteiger partial charge in [0.25, 0.3) is 0 Å². The number of nitrogens with zero attached hydrogens (tertiary/aromatic N) is 1. The van der Waals surface area contributed by atoms with Gasteiger partial charge in [-0.3, -0.25) is 4.90 Å². The van der Waals surface area contributed by atoms with Gasteiger partial charge in [0.2, 0.25) is 0 Å². The van der Waals surface area contributed by atoms with Gasteiger partial charge < -0.3 is 21.3 Å². The van der Waals surface area contributed by atoms with E-state index in [0.29, 0.717) is 6.42 Å². The lowest BCUT2D eigenvalue weighted by Gasteiger charge is -2.22. The van der Waals surface area contributed by atoms with E-state index in [4.69, 9.17) is 16.2 Å². The molecule has 1 saturated heterocycles. The van der Waals surface area contributed by atoms with Crippen LogP contribution in [0.1, 0.15) is 6.42 Å². The van der Waals surface area contributed by atoms with E-state index >= 15 is 0 Å². The fraction of sp³-hybridized carbons (Fsp3) is 0.625. The molecule has 1 fully saturated rings. The molecule has 1 heterocycles. The molecule has 0 spiro atoms. The fourth-order valence-electron chi connectivity index (χ4n) is 1.27. The molecule has 0 aromatic carbocycles. The second-order valence-corrected chi connectivity index (χ2v) is 4.65. The summed E-state index contributed by atoms with van der Waals surface area (Å²) in [7, 11) is 0. The van der Waals surface area contributed by atoms with Crippen molar-refractivity contribution in [3.63, 3.8) is 0 Å². The van der Waals surface area contributed by atoms with Crippen LogP contribution < -0.4 is 11.5 Å². The number of aliphatic hydroxyl groups is 1. The van der Waals surface area contributed by atoms with E-state index in [1.165, 1.54) is 11.1 Å². The van der Waals surface area contributed by atoms with E-state index in [0.717, 1.165) is 0 Å². The lowest BCUT2D eigenvalue weighted by atomic mass is 10.3. The highest BCUT2D eigenvalue weighted by molar-refractivity contribution is 14.1.